The van der Waals surface area contributed by atoms with Crippen LogP contribution in [0.25, 0.3) is 0 Å². The molecule has 0 aliphatic heterocycles. The Morgan fingerprint density at radius 3 is 2.77 bits per heavy atom. The van der Waals surface area contributed by atoms with E-state index < -0.39 is 0 Å². The van der Waals surface area contributed by atoms with Crippen molar-refractivity contribution in [3.63, 3.8) is 0 Å². The highest BCUT2D eigenvalue weighted by Gasteiger charge is 2.20. The summed E-state index contributed by atoms with van der Waals surface area (Å²) in [5, 5.41) is 3.84. The zero-order valence-electron chi connectivity index (χ0n) is 8.25. The number of carbonyl (C=O) groups is 1. The summed E-state index contributed by atoms with van der Waals surface area (Å²) in [7, 11) is 0. The maximum Gasteiger partial charge on any atom is 0.243 e. The standard InChI is InChI=1S/C10H18N2O/c1-2-8-11-12-10(13)9-6-4-3-5-7-9/h8-9H,2-7H2,1H3,(H,12,13). The molecule has 0 aromatic carbocycles. The first-order chi connectivity index (χ1) is 6.34. The van der Waals surface area contributed by atoms with E-state index in [9.17, 15) is 4.79 Å². The Morgan fingerprint density at radius 1 is 1.46 bits per heavy atom. The Balaban J connectivity index is 2.25. The molecule has 1 rings (SSSR count). The molecule has 0 atom stereocenters. The largest absolute Gasteiger partial charge is 0.273 e. The van der Waals surface area contributed by atoms with Crippen LogP contribution in [0.1, 0.15) is 45.4 Å². The highest BCUT2D eigenvalue weighted by atomic mass is 16.2. The van der Waals surface area contributed by atoms with Gasteiger partial charge < -0.3 is 0 Å². The van der Waals surface area contributed by atoms with E-state index in [1.807, 2.05) is 6.92 Å². The van der Waals surface area contributed by atoms with Gasteiger partial charge in [0.2, 0.25) is 5.91 Å². The van der Waals surface area contributed by atoms with Gasteiger partial charge in [0, 0.05) is 12.1 Å². The zero-order chi connectivity index (χ0) is 9.52. The number of carbonyl (C=O) groups excluding carboxylic acids is 1. The van der Waals surface area contributed by atoms with E-state index in [2.05, 4.69) is 10.5 Å². The van der Waals surface area contributed by atoms with Gasteiger partial charge in [-0.2, -0.15) is 5.10 Å². The minimum absolute atomic E-state index is 0.101. The van der Waals surface area contributed by atoms with Crippen molar-refractivity contribution in [2.45, 2.75) is 45.4 Å². The van der Waals surface area contributed by atoms with Crippen molar-refractivity contribution < 1.29 is 4.79 Å². The van der Waals surface area contributed by atoms with Gasteiger partial charge in [-0.05, 0) is 19.3 Å². The predicted octanol–water partition coefficient (Wildman–Crippen LogP) is 2.08. The molecule has 3 heteroatoms. The first-order valence-electron chi connectivity index (χ1n) is 5.16. The fourth-order valence-electron chi connectivity index (χ4n) is 1.66. The molecule has 0 heterocycles. The van der Waals surface area contributed by atoms with E-state index in [4.69, 9.17) is 0 Å². The summed E-state index contributed by atoms with van der Waals surface area (Å²) in [4.78, 5) is 11.4. The first-order valence-corrected chi connectivity index (χ1v) is 5.16. The molecule has 1 aliphatic rings. The van der Waals surface area contributed by atoms with Gasteiger partial charge in [0.15, 0.2) is 0 Å². The fourth-order valence-corrected chi connectivity index (χ4v) is 1.66. The van der Waals surface area contributed by atoms with Gasteiger partial charge in [-0.15, -0.1) is 0 Å². The van der Waals surface area contributed by atoms with Crippen LogP contribution in [-0.4, -0.2) is 12.1 Å². The molecule has 0 bridgehead atoms. The molecule has 13 heavy (non-hydrogen) atoms. The van der Waals surface area contributed by atoms with Crippen molar-refractivity contribution >= 4 is 12.1 Å². The third-order valence-corrected chi connectivity index (χ3v) is 2.42. The molecule has 0 aromatic heterocycles. The van der Waals surface area contributed by atoms with Crippen LogP contribution in [0.3, 0.4) is 0 Å². The van der Waals surface area contributed by atoms with Crippen LogP contribution in [0, 0.1) is 5.92 Å². The summed E-state index contributed by atoms with van der Waals surface area (Å²) >= 11 is 0. The second kappa shape index (κ2) is 5.73. The Kier molecular flexibility index (Phi) is 4.50. The van der Waals surface area contributed by atoms with Crippen LogP contribution in [0.5, 0.6) is 0 Å². The highest BCUT2D eigenvalue weighted by molar-refractivity contribution is 5.79. The summed E-state index contributed by atoms with van der Waals surface area (Å²) in [6.07, 6.45) is 8.32. The minimum Gasteiger partial charge on any atom is -0.273 e. The lowest BCUT2D eigenvalue weighted by Gasteiger charge is -2.19. The van der Waals surface area contributed by atoms with Gasteiger partial charge in [0.1, 0.15) is 0 Å². The van der Waals surface area contributed by atoms with E-state index in [0.29, 0.717) is 0 Å². The van der Waals surface area contributed by atoms with Crippen LogP contribution in [0.4, 0.5) is 0 Å². The molecule has 1 N–H and O–H groups in total. The molecule has 0 radical (unpaired) electrons. The summed E-state index contributed by atoms with van der Waals surface area (Å²) in [5.41, 5.74) is 2.58. The molecule has 1 amide bonds. The van der Waals surface area contributed by atoms with Gasteiger partial charge in [-0.25, -0.2) is 5.43 Å². The van der Waals surface area contributed by atoms with Crippen LogP contribution in [0.2, 0.25) is 0 Å². The minimum atomic E-state index is 0.101. The van der Waals surface area contributed by atoms with Crippen molar-refractivity contribution in [2.75, 3.05) is 0 Å². The van der Waals surface area contributed by atoms with Crippen molar-refractivity contribution in [3.8, 4) is 0 Å². The maximum absolute atomic E-state index is 11.4. The second-order valence-electron chi connectivity index (χ2n) is 3.53. The summed E-state index contributed by atoms with van der Waals surface area (Å²) in [5.74, 6) is 0.312. The smallest absolute Gasteiger partial charge is 0.243 e. The van der Waals surface area contributed by atoms with Gasteiger partial charge in [-0.1, -0.05) is 26.2 Å². The third kappa shape index (κ3) is 3.57. The lowest BCUT2D eigenvalue weighted by molar-refractivity contribution is -0.125. The SMILES string of the molecule is CCC=NNC(=O)C1CCCCC1. The van der Waals surface area contributed by atoms with Crippen LogP contribution >= 0.6 is 0 Å². The number of nitrogens with one attached hydrogen (secondary N) is 1. The topological polar surface area (TPSA) is 41.5 Å². The molecule has 1 aliphatic carbocycles. The van der Waals surface area contributed by atoms with Gasteiger partial charge >= 0.3 is 0 Å². The summed E-state index contributed by atoms with van der Waals surface area (Å²) in [6, 6.07) is 0. The summed E-state index contributed by atoms with van der Waals surface area (Å²) < 4.78 is 0. The molecule has 0 spiro atoms. The Bertz CT molecular complexity index is 183. The quantitative estimate of drug-likeness (QED) is 0.527. The number of hydrogen-bond acceptors (Lipinski definition) is 2. The average molecular weight is 182 g/mol. The van der Waals surface area contributed by atoms with Gasteiger partial charge in [-0.3, -0.25) is 4.79 Å². The van der Waals surface area contributed by atoms with E-state index in [-0.39, 0.29) is 11.8 Å². The Hall–Kier alpha value is -0.860. The number of amides is 1. The fraction of sp³-hybridized carbons (Fsp3) is 0.800. The molecular weight excluding hydrogens is 164 g/mol. The van der Waals surface area contributed by atoms with Gasteiger partial charge in [0.25, 0.3) is 0 Å². The first kappa shape index (κ1) is 10.2. The third-order valence-electron chi connectivity index (χ3n) is 2.42. The van der Waals surface area contributed by atoms with Gasteiger partial charge in [0.05, 0.1) is 0 Å². The Labute approximate surface area is 79.6 Å². The predicted molar refractivity (Wildman–Crippen MR) is 53.5 cm³/mol. The van der Waals surface area contributed by atoms with Crippen LogP contribution in [0.15, 0.2) is 5.10 Å². The molecule has 0 unspecified atom stereocenters. The van der Waals surface area contributed by atoms with Crippen molar-refractivity contribution in [3.05, 3.63) is 0 Å². The number of hydrogen-bond donors (Lipinski definition) is 1. The number of nitrogens with zero attached hydrogens (tertiary/aromatic N) is 1. The lowest BCUT2D eigenvalue weighted by Crippen LogP contribution is -2.28. The molecular formula is C10H18N2O. The number of hydrazone groups is 1. The lowest BCUT2D eigenvalue weighted by atomic mass is 9.89. The van der Waals surface area contributed by atoms with Crippen molar-refractivity contribution in [2.24, 2.45) is 11.0 Å². The second-order valence-corrected chi connectivity index (χ2v) is 3.53. The molecule has 1 fully saturated rings. The molecule has 3 nitrogen and oxygen atoms in total. The van der Waals surface area contributed by atoms with Crippen LogP contribution in [-0.2, 0) is 4.79 Å². The van der Waals surface area contributed by atoms with E-state index >= 15 is 0 Å². The molecule has 0 aromatic rings. The summed E-state index contributed by atoms with van der Waals surface area (Å²) in [6.45, 7) is 2.00. The monoisotopic (exact) mass is 182 g/mol. The normalized spacial score (nSPS) is 19.2. The van der Waals surface area contributed by atoms with Crippen molar-refractivity contribution in [1.29, 1.82) is 0 Å². The molecule has 0 saturated heterocycles. The average Bonchev–Trinajstić information content (AvgIpc) is 2.19. The maximum atomic E-state index is 11.4. The molecule has 74 valence electrons. The Morgan fingerprint density at radius 2 is 2.15 bits per heavy atom. The zero-order valence-corrected chi connectivity index (χ0v) is 8.25. The van der Waals surface area contributed by atoms with Crippen LogP contribution < -0.4 is 5.43 Å². The number of rotatable bonds is 3. The van der Waals surface area contributed by atoms with E-state index in [1.54, 1.807) is 6.21 Å². The van der Waals surface area contributed by atoms with Crippen molar-refractivity contribution in [1.82, 2.24) is 5.43 Å². The van der Waals surface area contributed by atoms with E-state index in [0.717, 1.165) is 19.3 Å². The molecule has 1 saturated carbocycles. The highest BCUT2D eigenvalue weighted by Crippen LogP contribution is 2.23. The van der Waals surface area contributed by atoms with E-state index in [1.165, 1.54) is 19.3 Å².